The second-order valence-corrected chi connectivity index (χ2v) is 5.13. The third kappa shape index (κ3) is 5.68. The number of hydrogen-bond donors (Lipinski definition) is 2. The predicted octanol–water partition coefficient (Wildman–Crippen LogP) is 3.35. The molecule has 0 aromatic carbocycles. The second-order valence-electron chi connectivity index (χ2n) is 5.13. The molecule has 0 amide bonds. The Hall–Kier alpha value is -2.95. The van der Waals surface area contributed by atoms with Gasteiger partial charge >= 0.3 is 5.97 Å². The number of aryl methyl sites for hydroxylation is 1. The maximum atomic E-state index is 12.2. The van der Waals surface area contributed by atoms with Crippen LogP contribution in [0.25, 0.3) is 6.08 Å². The summed E-state index contributed by atoms with van der Waals surface area (Å²) in [4.78, 5) is 30.1. The highest BCUT2D eigenvalue weighted by atomic mass is 16.4. The van der Waals surface area contributed by atoms with E-state index in [1.807, 2.05) is 19.1 Å². The molecule has 0 fully saturated rings. The molecule has 0 atom stereocenters. The summed E-state index contributed by atoms with van der Waals surface area (Å²) in [5.41, 5.74) is 1.48. The first kappa shape index (κ1) is 19.1. The van der Waals surface area contributed by atoms with Crippen LogP contribution < -0.4 is 5.56 Å². The van der Waals surface area contributed by atoms with Gasteiger partial charge in [-0.1, -0.05) is 44.4 Å². The second kappa shape index (κ2) is 9.25. The van der Waals surface area contributed by atoms with Crippen LogP contribution in [0.2, 0.25) is 0 Å². The number of allylic oxidation sites excluding steroid dienone is 5. The number of nitrogens with zero attached hydrogens (tertiary/aromatic N) is 1. The topological polar surface area (TPSA) is 83.0 Å². The first-order valence-corrected chi connectivity index (χ1v) is 7.57. The average Bonchev–Trinajstić information content (AvgIpc) is 2.51. The molecule has 0 spiro atoms. The molecule has 1 aromatic rings. The molecule has 126 valence electrons. The number of carboxylic acids is 1. The minimum absolute atomic E-state index is 0.0967. The van der Waals surface area contributed by atoms with E-state index in [4.69, 9.17) is 5.11 Å². The van der Waals surface area contributed by atoms with E-state index < -0.39 is 5.97 Å². The quantitative estimate of drug-likeness (QED) is 0.567. The van der Waals surface area contributed by atoms with Crippen LogP contribution in [0.3, 0.4) is 0 Å². The Bertz CT molecular complexity index is 780. The average molecular weight is 326 g/mol. The smallest absolute Gasteiger partial charge is 0.335 e. The first-order valence-electron chi connectivity index (χ1n) is 7.57. The van der Waals surface area contributed by atoms with E-state index in [9.17, 15) is 9.59 Å². The minimum atomic E-state index is -1.13. The molecule has 0 bridgehead atoms. The number of carbonyl (C=O) groups is 1. The predicted molar refractivity (Wildman–Crippen MR) is 96.8 cm³/mol. The number of rotatable bonds is 8. The fourth-order valence-corrected chi connectivity index (χ4v) is 2.03. The van der Waals surface area contributed by atoms with Crippen molar-refractivity contribution in [3.05, 3.63) is 82.1 Å². The molecule has 5 nitrogen and oxygen atoms in total. The molecule has 2 N–H and O–H groups in total. The zero-order chi connectivity index (χ0) is 18.1. The number of aromatic amines is 1. The Morgan fingerprint density at radius 2 is 2.08 bits per heavy atom. The zero-order valence-electron chi connectivity index (χ0n) is 14.0. The molecule has 1 rings (SSSR count). The van der Waals surface area contributed by atoms with Gasteiger partial charge in [-0.15, -0.1) is 0 Å². The lowest BCUT2D eigenvalue weighted by Crippen LogP contribution is -2.17. The molecule has 24 heavy (non-hydrogen) atoms. The standard InChI is InChI=1S/C19H22N2O3/c1-5-7-9-15(8-6-2)12-17-20-14(4)16(18(22)21-17)11-10-13(3)19(23)24/h5,7-11H,1,3,6,12H2,2,4H3,(H,23,24)(H,20,21,22)/b9-7-,11-10-,15-8?. The normalized spacial score (nSPS) is 12.0. The van der Waals surface area contributed by atoms with Crippen molar-refractivity contribution in [1.82, 2.24) is 9.97 Å². The lowest BCUT2D eigenvalue weighted by molar-refractivity contribution is -0.132. The van der Waals surface area contributed by atoms with Gasteiger partial charge in [-0.2, -0.15) is 0 Å². The summed E-state index contributed by atoms with van der Waals surface area (Å²) in [6.07, 6.45) is 11.6. The third-order valence-corrected chi connectivity index (χ3v) is 3.21. The number of hydrogen-bond acceptors (Lipinski definition) is 3. The maximum absolute atomic E-state index is 12.2. The molecule has 0 saturated carbocycles. The van der Waals surface area contributed by atoms with Crippen LogP contribution in [0.15, 0.2) is 59.5 Å². The van der Waals surface area contributed by atoms with Gasteiger partial charge in [-0.3, -0.25) is 4.79 Å². The van der Waals surface area contributed by atoms with Crippen LogP contribution in [-0.4, -0.2) is 21.0 Å². The highest BCUT2D eigenvalue weighted by Crippen LogP contribution is 2.09. The van der Waals surface area contributed by atoms with Crippen molar-refractivity contribution in [3.8, 4) is 0 Å². The molecule has 0 aliphatic heterocycles. The molecule has 0 aliphatic carbocycles. The Kier molecular flexibility index (Phi) is 7.36. The van der Waals surface area contributed by atoms with Gasteiger partial charge in [0.15, 0.2) is 0 Å². The van der Waals surface area contributed by atoms with Gasteiger partial charge in [-0.25, -0.2) is 9.78 Å². The molecule has 0 unspecified atom stereocenters. The van der Waals surface area contributed by atoms with E-state index in [2.05, 4.69) is 29.2 Å². The monoisotopic (exact) mass is 326 g/mol. The molecule has 1 heterocycles. The van der Waals surface area contributed by atoms with Crippen LogP contribution in [-0.2, 0) is 11.2 Å². The van der Waals surface area contributed by atoms with Crippen molar-refractivity contribution in [2.75, 3.05) is 0 Å². The molecule has 5 heteroatoms. The zero-order valence-corrected chi connectivity index (χ0v) is 14.0. The first-order chi connectivity index (χ1) is 11.4. The summed E-state index contributed by atoms with van der Waals surface area (Å²) in [6.45, 7) is 10.8. The van der Waals surface area contributed by atoms with Gasteiger partial charge in [-0.05, 0) is 31.1 Å². The molecule has 1 aromatic heterocycles. The van der Waals surface area contributed by atoms with E-state index in [1.54, 1.807) is 13.0 Å². The van der Waals surface area contributed by atoms with Gasteiger partial charge in [0.05, 0.1) is 16.8 Å². The van der Waals surface area contributed by atoms with Gasteiger partial charge < -0.3 is 10.1 Å². The van der Waals surface area contributed by atoms with Gasteiger partial charge in [0.1, 0.15) is 5.82 Å². The Morgan fingerprint density at radius 1 is 1.38 bits per heavy atom. The van der Waals surface area contributed by atoms with Crippen molar-refractivity contribution >= 4 is 12.0 Å². The third-order valence-electron chi connectivity index (χ3n) is 3.21. The van der Waals surface area contributed by atoms with Crippen molar-refractivity contribution in [1.29, 1.82) is 0 Å². The highest BCUT2D eigenvalue weighted by Gasteiger charge is 2.07. The summed E-state index contributed by atoms with van der Waals surface area (Å²) in [5.74, 6) is -0.576. The van der Waals surface area contributed by atoms with Crippen LogP contribution in [0.4, 0.5) is 0 Å². The van der Waals surface area contributed by atoms with E-state index in [1.165, 1.54) is 12.2 Å². The van der Waals surface area contributed by atoms with Crippen LogP contribution in [0.1, 0.15) is 30.4 Å². The van der Waals surface area contributed by atoms with Crippen molar-refractivity contribution in [2.45, 2.75) is 26.7 Å². The molecule has 0 saturated heterocycles. The van der Waals surface area contributed by atoms with E-state index in [0.29, 0.717) is 23.5 Å². The number of H-pyrrole nitrogens is 1. The lowest BCUT2D eigenvalue weighted by Gasteiger charge is -2.06. The number of aliphatic carboxylic acids is 1. The van der Waals surface area contributed by atoms with Crippen molar-refractivity contribution < 1.29 is 9.90 Å². The molecular weight excluding hydrogens is 304 g/mol. The largest absolute Gasteiger partial charge is 0.478 e. The summed E-state index contributed by atoms with van der Waals surface area (Å²) in [7, 11) is 0. The van der Waals surface area contributed by atoms with E-state index >= 15 is 0 Å². The summed E-state index contributed by atoms with van der Waals surface area (Å²) in [6, 6.07) is 0. The molecule has 0 radical (unpaired) electrons. The fraction of sp³-hybridized carbons (Fsp3) is 0.211. The summed E-state index contributed by atoms with van der Waals surface area (Å²) in [5, 5.41) is 8.79. The van der Waals surface area contributed by atoms with Crippen LogP contribution in [0.5, 0.6) is 0 Å². The van der Waals surface area contributed by atoms with Crippen molar-refractivity contribution in [3.63, 3.8) is 0 Å². The van der Waals surface area contributed by atoms with Gasteiger partial charge in [0.25, 0.3) is 5.56 Å². The Labute approximate surface area is 141 Å². The lowest BCUT2D eigenvalue weighted by atomic mass is 10.1. The highest BCUT2D eigenvalue weighted by molar-refractivity contribution is 5.90. The van der Waals surface area contributed by atoms with Crippen molar-refractivity contribution in [2.24, 2.45) is 0 Å². The molecular formula is C19H22N2O3. The van der Waals surface area contributed by atoms with Gasteiger partial charge in [0, 0.05) is 6.42 Å². The number of nitrogens with one attached hydrogen (secondary N) is 1. The van der Waals surface area contributed by atoms with Crippen LogP contribution >= 0.6 is 0 Å². The summed E-state index contributed by atoms with van der Waals surface area (Å²) < 4.78 is 0. The molecule has 0 aliphatic rings. The van der Waals surface area contributed by atoms with Gasteiger partial charge in [0.2, 0.25) is 0 Å². The maximum Gasteiger partial charge on any atom is 0.335 e. The Morgan fingerprint density at radius 3 is 2.62 bits per heavy atom. The van der Waals surface area contributed by atoms with E-state index in [-0.39, 0.29) is 11.1 Å². The number of aromatic nitrogens is 2. The van der Waals surface area contributed by atoms with E-state index in [0.717, 1.165) is 12.0 Å². The fourth-order valence-electron chi connectivity index (χ4n) is 2.03. The van der Waals surface area contributed by atoms with Crippen LogP contribution in [0, 0.1) is 6.92 Å². The minimum Gasteiger partial charge on any atom is -0.478 e. The SMILES string of the molecule is C=C/C=C\C(=CCC)Cc1nc(C)c(/C=C\C(=C)C(=O)O)c(=O)[nH]1. The Balaban J connectivity index is 3.11. The number of carboxylic acid groups (broad SMARTS) is 1. The summed E-state index contributed by atoms with van der Waals surface area (Å²) >= 11 is 0.